The lowest BCUT2D eigenvalue weighted by Crippen LogP contribution is -2.33. The molecular weight excluding hydrogens is 432 g/mol. The van der Waals surface area contributed by atoms with E-state index in [1.54, 1.807) is 23.2 Å². The third kappa shape index (κ3) is 5.91. The van der Waals surface area contributed by atoms with Crippen LogP contribution < -0.4 is 4.90 Å². The lowest BCUT2D eigenvalue weighted by molar-refractivity contribution is -0.119. The van der Waals surface area contributed by atoms with Gasteiger partial charge in [-0.1, -0.05) is 62.8 Å². The number of carbonyl (C=O) groups is 1. The summed E-state index contributed by atoms with van der Waals surface area (Å²) in [7, 11) is 1.88. The summed E-state index contributed by atoms with van der Waals surface area (Å²) in [5.41, 5.74) is 2.57. The van der Waals surface area contributed by atoms with Crippen molar-refractivity contribution in [2.75, 3.05) is 4.90 Å². The number of amides is 1. The van der Waals surface area contributed by atoms with Crippen molar-refractivity contribution in [2.24, 2.45) is 13.0 Å². The van der Waals surface area contributed by atoms with Gasteiger partial charge >= 0.3 is 0 Å². The smallest absolute Gasteiger partial charge is 0.273 e. The maximum atomic E-state index is 14.3. The average molecular weight is 468 g/mol. The van der Waals surface area contributed by atoms with E-state index in [2.05, 4.69) is 24.1 Å². The molecule has 0 N–H and O–H groups in total. The van der Waals surface area contributed by atoms with Gasteiger partial charge in [0.25, 0.3) is 5.92 Å². The summed E-state index contributed by atoms with van der Waals surface area (Å²) in [5.74, 6) is -2.03. The third-order valence-corrected chi connectivity index (χ3v) is 6.39. The van der Waals surface area contributed by atoms with Crippen LogP contribution in [0.15, 0.2) is 66.5 Å². The Morgan fingerprint density at radius 3 is 2.76 bits per heavy atom. The zero-order valence-electron chi connectivity index (χ0n) is 20.6. The van der Waals surface area contributed by atoms with Gasteiger partial charge in [0, 0.05) is 43.5 Å². The molecule has 2 aromatic rings. The van der Waals surface area contributed by atoms with Crippen LogP contribution in [0.1, 0.15) is 63.4 Å². The van der Waals surface area contributed by atoms with Gasteiger partial charge in [-0.15, -0.1) is 0 Å². The predicted octanol–water partition coefficient (Wildman–Crippen LogP) is 6.88. The summed E-state index contributed by atoms with van der Waals surface area (Å²) >= 11 is 0. The maximum Gasteiger partial charge on any atom is 0.273 e. The molecule has 2 aliphatic carbocycles. The number of nitrogens with zero attached hydrogens (tertiary/aromatic N) is 3. The summed E-state index contributed by atoms with van der Waals surface area (Å²) in [6.07, 6.45) is 15.8. The summed E-state index contributed by atoms with van der Waals surface area (Å²) in [5, 5.41) is 0. The first-order valence-electron chi connectivity index (χ1n) is 12.2. The largest absolute Gasteiger partial charge is 0.337 e. The van der Waals surface area contributed by atoms with Gasteiger partial charge in [0.05, 0.1) is 6.54 Å². The van der Waals surface area contributed by atoms with Crippen LogP contribution in [-0.4, -0.2) is 15.5 Å². The molecule has 2 aliphatic rings. The Hall–Kier alpha value is -3.02. The van der Waals surface area contributed by atoms with E-state index in [1.807, 2.05) is 49.9 Å². The van der Waals surface area contributed by atoms with E-state index in [9.17, 15) is 13.6 Å². The predicted molar refractivity (Wildman–Crippen MR) is 134 cm³/mol. The first-order valence-corrected chi connectivity index (χ1v) is 12.2. The second-order valence-electron chi connectivity index (χ2n) is 8.70. The number of rotatable bonds is 6. The van der Waals surface area contributed by atoms with Gasteiger partial charge in [-0.05, 0) is 42.9 Å². The molecule has 1 heterocycles. The monoisotopic (exact) mass is 467 g/mol. The Morgan fingerprint density at radius 1 is 1.24 bits per heavy atom. The molecule has 4 nitrogen and oxygen atoms in total. The number of anilines is 1. The highest BCUT2D eigenvalue weighted by atomic mass is 19.3. The minimum absolute atomic E-state index is 0.0406. The molecule has 0 aliphatic heterocycles. The van der Waals surface area contributed by atoms with E-state index in [1.165, 1.54) is 11.6 Å². The minimum atomic E-state index is -2.80. The number of alkyl halides is 2. The van der Waals surface area contributed by atoms with E-state index in [0.717, 1.165) is 12.2 Å². The molecule has 0 bridgehead atoms. The highest BCUT2D eigenvalue weighted by molar-refractivity contribution is 5.93. The van der Waals surface area contributed by atoms with Gasteiger partial charge in [0.2, 0.25) is 5.91 Å². The van der Waals surface area contributed by atoms with Crippen LogP contribution in [-0.2, 0) is 30.7 Å². The number of allylic oxidation sites excluding steroid dienone is 6. The molecule has 0 unspecified atom stereocenters. The van der Waals surface area contributed by atoms with Gasteiger partial charge in [0.15, 0.2) is 0 Å². The second kappa shape index (κ2) is 11.4. The number of hydrogen-bond acceptors (Lipinski definition) is 2. The number of aryl methyl sites for hydroxylation is 2. The molecule has 6 heteroatoms. The van der Waals surface area contributed by atoms with Gasteiger partial charge in [-0.25, -0.2) is 13.8 Å². The fourth-order valence-electron chi connectivity index (χ4n) is 4.42. The topological polar surface area (TPSA) is 38.1 Å². The van der Waals surface area contributed by atoms with Crippen molar-refractivity contribution in [1.29, 1.82) is 0 Å². The Morgan fingerprint density at radius 2 is 2.03 bits per heavy atom. The molecule has 1 aromatic carbocycles. The van der Waals surface area contributed by atoms with Crippen LogP contribution in [0.25, 0.3) is 0 Å². The molecule has 0 saturated heterocycles. The first-order chi connectivity index (χ1) is 16.3. The van der Waals surface area contributed by atoms with Gasteiger partial charge in [0.1, 0.15) is 5.82 Å². The van der Waals surface area contributed by atoms with Crippen LogP contribution in [0.4, 0.5) is 14.5 Å². The number of fused-ring (bicyclic) bond motifs is 1. The third-order valence-electron chi connectivity index (χ3n) is 6.39. The number of benzene rings is 1. The van der Waals surface area contributed by atoms with E-state index in [0.29, 0.717) is 37.1 Å². The molecule has 0 radical (unpaired) electrons. The molecule has 1 amide bonds. The Kier molecular flexibility index (Phi) is 8.59. The lowest BCUT2D eigenvalue weighted by Gasteiger charge is -2.29. The maximum absolute atomic E-state index is 14.3. The molecule has 0 fully saturated rings. The zero-order valence-corrected chi connectivity index (χ0v) is 20.6. The van der Waals surface area contributed by atoms with Crippen molar-refractivity contribution >= 4 is 11.6 Å². The normalized spacial score (nSPS) is 17.1. The number of aromatic nitrogens is 2. The number of carbonyl (C=O) groups excluding carboxylic acids is 1. The van der Waals surface area contributed by atoms with Crippen molar-refractivity contribution in [3.05, 3.63) is 83.5 Å². The van der Waals surface area contributed by atoms with Crippen LogP contribution in [0.2, 0.25) is 0 Å². The molecule has 1 aromatic heterocycles. The molecule has 0 saturated carbocycles. The van der Waals surface area contributed by atoms with Crippen LogP contribution in [0.3, 0.4) is 0 Å². The Labute approximate surface area is 201 Å². The number of halogens is 2. The van der Waals surface area contributed by atoms with E-state index in [4.69, 9.17) is 0 Å². The Balaban J connectivity index is 0.00000158. The summed E-state index contributed by atoms with van der Waals surface area (Å²) in [6, 6.07) is 4.92. The van der Waals surface area contributed by atoms with Gasteiger partial charge in [-0.2, -0.15) is 0 Å². The molecule has 4 rings (SSSR count). The van der Waals surface area contributed by atoms with Crippen molar-refractivity contribution in [3.8, 4) is 0 Å². The van der Waals surface area contributed by atoms with E-state index >= 15 is 0 Å². The lowest BCUT2D eigenvalue weighted by atomic mass is 9.88. The fourth-order valence-corrected chi connectivity index (χ4v) is 4.42. The van der Waals surface area contributed by atoms with Crippen LogP contribution in [0.5, 0.6) is 0 Å². The fraction of sp³-hybridized carbons (Fsp3) is 0.429. The summed E-state index contributed by atoms with van der Waals surface area (Å²) in [6.45, 7) is 6.35. The second-order valence-corrected chi connectivity index (χ2v) is 8.70. The number of hydrogen-bond donors (Lipinski definition) is 0. The van der Waals surface area contributed by atoms with Crippen LogP contribution >= 0.6 is 0 Å². The summed E-state index contributed by atoms with van der Waals surface area (Å²) < 4.78 is 30.6. The van der Waals surface area contributed by atoms with Crippen molar-refractivity contribution in [3.63, 3.8) is 0 Å². The average Bonchev–Trinajstić information content (AvgIpc) is 3.05. The molecule has 1 atom stereocenters. The van der Waals surface area contributed by atoms with Gasteiger partial charge < -0.3 is 9.47 Å². The Bertz CT molecular complexity index is 1080. The zero-order chi connectivity index (χ0) is 24.7. The summed E-state index contributed by atoms with van der Waals surface area (Å²) in [4.78, 5) is 19.6. The molecule has 0 spiro atoms. The minimum Gasteiger partial charge on any atom is -0.337 e. The SMILES string of the molecule is CC.C[C@@H](CC(=O)N(Cc1nccn1C)c1ccc2c(c1)CCCC2(F)F)C1=CC=CC=CC1. The van der Waals surface area contributed by atoms with Gasteiger partial charge in [-0.3, -0.25) is 4.79 Å². The standard InChI is InChI=1S/C26H29F2N3O.C2H6/c1-19(20-8-5-3-4-6-9-20)16-25(32)31(18-24-29-14-15-30(24)2)22-11-12-23-21(17-22)10-7-13-26(23,27)28;1-2/h3-6,8,11-12,14-15,17,19H,7,9-10,13,16,18H2,1-2H3;1-2H3/t19-;/m0./s1. The highest BCUT2D eigenvalue weighted by Crippen LogP contribution is 2.41. The van der Waals surface area contributed by atoms with Crippen molar-refractivity contribution in [1.82, 2.24) is 9.55 Å². The van der Waals surface area contributed by atoms with Crippen LogP contribution in [0, 0.1) is 5.92 Å². The molecule has 182 valence electrons. The van der Waals surface area contributed by atoms with Crippen molar-refractivity contribution < 1.29 is 13.6 Å². The van der Waals surface area contributed by atoms with Crippen molar-refractivity contribution in [2.45, 2.75) is 65.3 Å². The van der Waals surface area contributed by atoms with E-state index in [-0.39, 0.29) is 23.8 Å². The highest BCUT2D eigenvalue weighted by Gasteiger charge is 2.37. The number of imidazole rings is 1. The molecule has 34 heavy (non-hydrogen) atoms. The quantitative estimate of drug-likeness (QED) is 0.465. The first kappa shape index (κ1) is 25.6. The van der Waals surface area contributed by atoms with E-state index < -0.39 is 5.92 Å². The molecular formula is C28H35F2N3O.